The quantitative estimate of drug-likeness (QED) is 0.568. The number of carbonyl (C=O) groups excluding carboxylic acids is 2. The van der Waals surface area contributed by atoms with Gasteiger partial charge in [0, 0.05) is 43.9 Å². The molecule has 4 rings (SSSR count). The largest absolute Gasteiger partial charge is 0.371 e. The summed E-state index contributed by atoms with van der Waals surface area (Å²) in [4.78, 5) is 39.4. The Morgan fingerprint density at radius 2 is 1.77 bits per heavy atom. The van der Waals surface area contributed by atoms with Crippen LogP contribution in [0, 0.1) is 10.1 Å². The summed E-state index contributed by atoms with van der Waals surface area (Å²) >= 11 is 6.36. The van der Waals surface area contributed by atoms with Crippen LogP contribution in [-0.2, 0) is 4.79 Å². The first kappa shape index (κ1) is 20.2. The average Bonchev–Trinajstić information content (AvgIpc) is 3.39. The molecule has 8 nitrogen and oxygen atoms in total. The first-order valence-electron chi connectivity index (χ1n) is 9.89. The van der Waals surface area contributed by atoms with Crippen LogP contribution in [-0.4, -0.2) is 36.4 Å². The molecule has 0 aromatic heterocycles. The van der Waals surface area contributed by atoms with Gasteiger partial charge in [0.05, 0.1) is 26.9 Å². The van der Waals surface area contributed by atoms with Crippen molar-refractivity contribution in [1.29, 1.82) is 0 Å². The highest BCUT2D eigenvalue weighted by Crippen LogP contribution is 2.33. The number of hydrogen-bond donors (Lipinski definition) is 1. The van der Waals surface area contributed by atoms with Gasteiger partial charge in [0.2, 0.25) is 5.91 Å². The minimum absolute atomic E-state index is 0.0283. The normalized spacial score (nSPS) is 16.2. The zero-order chi connectivity index (χ0) is 21.3. The number of nitro groups is 1. The molecule has 1 N–H and O–H groups in total. The number of nitrogens with one attached hydrogen (secondary N) is 1. The summed E-state index contributed by atoms with van der Waals surface area (Å²) in [7, 11) is 0. The van der Waals surface area contributed by atoms with Crippen LogP contribution in [0.1, 0.15) is 36.0 Å². The molecule has 2 aliphatic heterocycles. The number of rotatable bonds is 5. The van der Waals surface area contributed by atoms with Gasteiger partial charge < -0.3 is 15.1 Å². The molecule has 0 bridgehead atoms. The van der Waals surface area contributed by atoms with Crippen LogP contribution in [0.3, 0.4) is 0 Å². The molecule has 2 aromatic carbocycles. The van der Waals surface area contributed by atoms with E-state index in [1.165, 1.54) is 12.1 Å². The molecule has 2 aliphatic rings. The highest BCUT2D eigenvalue weighted by Gasteiger charge is 2.25. The molecule has 0 spiro atoms. The maximum atomic E-state index is 13.0. The van der Waals surface area contributed by atoms with Crippen molar-refractivity contribution in [2.24, 2.45) is 0 Å². The fourth-order valence-corrected chi connectivity index (χ4v) is 4.24. The number of benzene rings is 2. The van der Waals surface area contributed by atoms with E-state index in [1.54, 1.807) is 29.2 Å². The predicted octanol–water partition coefficient (Wildman–Crippen LogP) is 4.23. The zero-order valence-corrected chi connectivity index (χ0v) is 17.0. The third-order valence-corrected chi connectivity index (χ3v) is 5.75. The molecule has 2 heterocycles. The van der Waals surface area contributed by atoms with E-state index in [9.17, 15) is 19.7 Å². The first-order chi connectivity index (χ1) is 14.4. The second-order valence-electron chi connectivity index (χ2n) is 7.42. The van der Waals surface area contributed by atoms with Crippen molar-refractivity contribution in [3.05, 3.63) is 57.1 Å². The number of amides is 2. The van der Waals surface area contributed by atoms with Gasteiger partial charge in [-0.3, -0.25) is 19.7 Å². The molecule has 0 unspecified atom stereocenters. The maximum Gasteiger partial charge on any atom is 0.270 e. The van der Waals surface area contributed by atoms with Crippen LogP contribution < -0.4 is 15.1 Å². The Hall–Kier alpha value is -3.13. The highest BCUT2D eigenvalue weighted by molar-refractivity contribution is 6.34. The predicted molar refractivity (Wildman–Crippen MR) is 116 cm³/mol. The van der Waals surface area contributed by atoms with Crippen molar-refractivity contribution in [1.82, 2.24) is 0 Å². The number of carbonyl (C=O) groups is 2. The summed E-state index contributed by atoms with van der Waals surface area (Å²) in [5.41, 5.74) is 1.87. The minimum atomic E-state index is -0.511. The monoisotopic (exact) mass is 428 g/mol. The molecule has 0 saturated carbocycles. The van der Waals surface area contributed by atoms with Crippen molar-refractivity contribution in [2.75, 3.05) is 34.8 Å². The summed E-state index contributed by atoms with van der Waals surface area (Å²) in [6.07, 6.45) is 3.33. The Bertz CT molecular complexity index is 1020. The molecule has 0 atom stereocenters. The van der Waals surface area contributed by atoms with E-state index in [1.807, 2.05) is 0 Å². The standard InChI is InChI=1S/C21H21ClN4O4/c22-17-12-14(5-7-19(17)25-11-3-4-20(25)27)23-21(28)16-13-15(26(29)30)6-8-18(16)24-9-1-2-10-24/h5-8,12-13H,1-4,9-11H2,(H,23,28). The Morgan fingerprint density at radius 3 is 2.40 bits per heavy atom. The van der Waals surface area contributed by atoms with E-state index < -0.39 is 10.8 Å². The lowest BCUT2D eigenvalue weighted by Gasteiger charge is -2.21. The molecule has 0 radical (unpaired) electrons. The molecule has 2 fully saturated rings. The summed E-state index contributed by atoms with van der Waals surface area (Å²) in [6, 6.07) is 9.33. The van der Waals surface area contributed by atoms with Gasteiger partial charge >= 0.3 is 0 Å². The van der Waals surface area contributed by atoms with E-state index in [2.05, 4.69) is 10.2 Å². The molecule has 156 valence electrons. The van der Waals surface area contributed by atoms with Gasteiger partial charge in [-0.2, -0.15) is 0 Å². The minimum Gasteiger partial charge on any atom is -0.371 e. The molecule has 9 heteroatoms. The molecule has 2 aromatic rings. The van der Waals surface area contributed by atoms with Gasteiger partial charge in [-0.05, 0) is 43.5 Å². The Labute approximate surface area is 178 Å². The molecule has 2 amide bonds. The number of nitrogens with zero attached hydrogens (tertiary/aromatic N) is 3. The van der Waals surface area contributed by atoms with E-state index in [-0.39, 0.29) is 17.2 Å². The summed E-state index contributed by atoms with van der Waals surface area (Å²) in [5.74, 6) is -0.415. The fraction of sp³-hybridized carbons (Fsp3) is 0.333. The number of halogens is 1. The van der Waals surface area contributed by atoms with Crippen LogP contribution in [0.4, 0.5) is 22.7 Å². The Kier molecular flexibility index (Phi) is 5.59. The third kappa shape index (κ3) is 3.95. The van der Waals surface area contributed by atoms with Gasteiger partial charge in [-0.15, -0.1) is 0 Å². The second-order valence-corrected chi connectivity index (χ2v) is 7.83. The average molecular weight is 429 g/mol. The number of anilines is 3. The number of non-ortho nitro benzene ring substituents is 1. The lowest BCUT2D eigenvalue weighted by atomic mass is 10.1. The van der Waals surface area contributed by atoms with Gasteiger partial charge in [0.1, 0.15) is 0 Å². The molecule has 0 aliphatic carbocycles. The van der Waals surface area contributed by atoms with Gasteiger partial charge in [0.15, 0.2) is 0 Å². The van der Waals surface area contributed by atoms with Gasteiger partial charge in [0.25, 0.3) is 11.6 Å². The summed E-state index contributed by atoms with van der Waals surface area (Å²) in [6.45, 7) is 2.24. The third-order valence-electron chi connectivity index (χ3n) is 5.45. The zero-order valence-electron chi connectivity index (χ0n) is 16.3. The molecular formula is C21H21ClN4O4. The molecule has 2 saturated heterocycles. The van der Waals surface area contributed by atoms with E-state index in [4.69, 9.17) is 11.6 Å². The summed E-state index contributed by atoms with van der Waals surface area (Å²) in [5, 5.41) is 14.4. The highest BCUT2D eigenvalue weighted by atomic mass is 35.5. The van der Waals surface area contributed by atoms with Gasteiger partial charge in [-0.25, -0.2) is 0 Å². The van der Waals surface area contributed by atoms with Crippen molar-refractivity contribution >= 4 is 46.2 Å². The van der Waals surface area contributed by atoms with Crippen molar-refractivity contribution < 1.29 is 14.5 Å². The Morgan fingerprint density at radius 1 is 1.03 bits per heavy atom. The molecule has 30 heavy (non-hydrogen) atoms. The van der Waals surface area contributed by atoms with Crippen LogP contribution in [0.25, 0.3) is 0 Å². The lowest BCUT2D eigenvalue weighted by Crippen LogP contribution is -2.24. The lowest BCUT2D eigenvalue weighted by molar-refractivity contribution is -0.384. The number of hydrogen-bond acceptors (Lipinski definition) is 5. The van der Waals surface area contributed by atoms with Crippen LogP contribution in [0.2, 0.25) is 5.02 Å². The van der Waals surface area contributed by atoms with Crippen molar-refractivity contribution in [2.45, 2.75) is 25.7 Å². The SMILES string of the molecule is O=C(Nc1ccc(N2CCCC2=O)c(Cl)c1)c1cc([N+](=O)[O-])ccc1N1CCCC1. The topological polar surface area (TPSA) is 95.8 Å². The smallest absolute Gasteiger partial charge is 0.270 e. The first-order valence-corrected chi connectivity index (χ1v) is 10.3. The second kappa shape index (κ2) is 8.31. The van der Waals surface area contributed by atoms with Crippen LogP contribution in [0.5, 0.6) is 0 Å². The van der Waals surface area contributed by atoms with Gasteiger partial charge in [-0.1, -0.05) is 11.6 Å². The van der Waals surface area contributed by atoms with Crippen molar-refractivity contribution in [3.8, 4) is 0 Å². The maximum absolute atomic E-state index is 13.0. The summed E-state index contributed by atoms with van der Waals surface area (Å²) < 4.78 is 0. The Balaban J connectivity index is 1.60. The molecular weight excluding hydrogens is 408 g/mol. The van der Waals surface area contributed by atoms with Crippen molar-refractivity contribution in [3.63, 3.8) is 0 Å². The van der Waals surface area contributed by atoms with E-state index in [0.717, 1.165) is 32.4 Å². The van der Waals surface area contributed by atoms with Crippen LogP contribution in [0.15, 0.2) is 36.4 Å². The fourth-order valence-electron chi connectivity index (χ4n) is 3.96. The van der Waals surface area contributed by atoms with E-state index in [0.29, 0.717) is 35.1 Å². The number of nitro benzene ring substituents is 1. The van der Waals surface area contributed by atoms with E-state index >= 15 is 0 Å². The van der Waals surface area contributed by atoms with Crippen LogP contribution >= 0.6 is 11.6 Å².